The van der Waals surface area contributed by atoms with Crippen LogP contribution < -0.4 is 36.9 Å². The first kappa shape index (κ1) is 31.6. The Balaban J connectivity index is 0.00000484. The van der Waals surface area contributed by atoms with E-state index in [-0.39, 0.29) is 24.9 Å². The number of pyridine rings is 1. The molecule has 15 nitrogen and oxygen atoms in total. The van der Waals surface area contributed by atoms with Crippen molar-refractivity contribution in [2.75, 3.05) is 31.4 Å². The van der Waals surface area contributed by atoms with Crippen LogP contribution in [0.2, 0.25) is 0 Å². The smallest absolute Gasteiger partial charge is 0.320 e. The van der Waals surface area contributed by atoms with Gasteiger partial charge in [0.1, 0.15) is 23.0 Å². The highest BCUT2D eigenvalue weighted by atomic mass is 35.5. The number of hydrogen-bond donors (Lipinski definition) is 5. The van der Waals surface area contributed by atoms with Gasteiger partial charge in [-0.05, 0) is 44.5 Å². The van der Waals surface area contributed by atoms with Crippen molar-refractivity contribution < 1.29 is 14.3 Å². The number of nitrogens with two attached hydrogens (primary N) is 2. The lowest BCUT2D eigenvalue weighted by molar-refractivity contribution is 0.243. The van der Waals surface area contributed by atoms with E-state index >= 15 is 0 Å². The molecule has 3 heterocycles. The second-order valence-electron chi connectivity index (χ2n) is 10.1. The number of carbonyl (C=O) groups excluding carboxylic acids is 1. The van der Waals surface area contributed by atoms with Gasteiger partial charge in [-0.15, -0.1) is 17.5 Å². The van der Waals surface area contributed by atoms with Gasteiger partial charge in [-0.2, -0.15) is 4.98 Å². The molecule has 42 heavy (non-hydrogen) atoms. The first-order valence-electron chi connectivity index (χ1n) is 12.7. The molecule has 3 aromatic heterocycles. The number of rotatable bonds is 10. The Labute approximate surface area is 248 Å². The number of benzene rings is 1. The zero-order chi connectivity index (χ0) is 29.6. The molecule has 0 saturated heterocycles. The van der Waals surface area contributed by atoms with Gasteiger partial charge in [0, 0.05) is 35.3 Å². The number of nitrogens with one attached hydrogen (secondary N) is 3. The highest BCUT2D eigenvalue weighted by Gasteiger charge is 2.18. The molecule has 1 aromatic carbocycles. The average Bonchev–Trinajstić information content (AvgIpc) is 3.37. The van der Waals surface area contributed by atoms with E-state index in [1.54, 1.807) is 37.4 Å². The summed E-state index contributed by atoms with van der Waals surface area (Å²) in [7, 11) is 3.15. The molecule has 224 valence electrons. The zero-order valence-electron chi connectivity index (χ0n) is 24.0. The van der Waals surface area contributed by atoms with Crippen molar-refractivity contribution in [3.63, 3.8) is 0 Å². The van der Waals surface area contributed by atoms with E-state index in [9.17, 15) is 4.79 Å². The van der Waals surface area contributed by atoms with Crippen molar-refractivity contribution in [2.45, 2.75) is 39.4 Å². The lowest BCUT2D eigenvalue weighted by Crippen LogP contribution is -2.43. The van der Waals surface area contributed by atoms with Crippen LogP contribution in [0.4, 0.5) is 16.6 Å². The quantitative estimate of drug-likeness (QED) is 0.132. The summed E-state index contributed by atoms with van der Waals surface area (Å²) in [6.07, 6.45) is 3.42. The third-order valence-electron chi connectivity index (χ3n) is 5.59. The standard InChI is InChI=1S/C26H34N12O3.ClH/c1-26(2,3)35-25(39)34-22-20(15-8-18(40-4)11-19(9-15)41-5)10-16-12-31-24(33-21(16)32-22)29-6-7-38-14-17(36-37-38)13-30-23(27)28;/h8-12,14H,6-7,13H2,1-5H3,(H4,27,28,30)(H3,29,31,32,33,34,35,39);1H. The van der Waals surface area contributed by atoms with Crippen molar-refractivity contribution in [3.8, 4) is 22.6 Å². The Morgan fingerprint density at radius 3 is 2.43 bits per heavy atom. The minimum Gasteiger partial charge on any atom is -0.497 e. The molecule has 0 fully saturated rings. The normalized spacial score (nSPS) is 10.9. The SMILES string of the molecule is COc1cc(OC)cc(-c2cc3cnc(NCCn4cc(CN=C(N)N)nn4)nc3nc2NC(=O)NC(C)(C)C)c1.Cl. The van der Waals surface area contributed by atoms with Crippen LogP contribution in [0.25, 0.3) is 22.2 Å². The summed E-state index contributed by atoms with van der Waals surface area (Å²) >= 11 is 0. The highest BCUT2D eigenvalue weighted by Crippen LogP contribution is 2.35. The molecule has 7 N–H and O–H groups in total. The van der Waals surface area contributed by atoms with Crippen LogP contribution in [0.3, 0.4) is 0 Å². The van der Waals surface area contributed by atoms with Crippen molar-refractivity contribution >= 4 is 47.2 Å². The van der Waals surface area contributed by atoms with E-state index in [2.05, 4.69) is 41.2 Å². The summed E-state index contributed by atoms with van der Waals surface area (Å²) in [6, 6.07) is 6.90. The van der Waals surface area contributed by atoms with Gasteiger partial charge in [0.15, 0.2) is 11.6 Å². The number of carbonyl (C=O) groups is 1. The van der Waals surface area contributed by atoms with Crippen LogP contribution in [0.15, 0.2) is 41.7 Å². The van der Waals surface area contributed by atoms with E-state index in [1.807, 2.05) is 39.0 Å². The zero-order valence-corrected chi connectivity index (χ0v) is 24.8. The predicted octanol–water partition coefficient (Wildman–Crippen LogP) is 2.53. The molecule has 0 unspecified atom stereocenters. The Morgan fingerprint density at radius 2 is 1.79 bits per heavy atom. The number of amides is 2. The second kappa shape index (κ2) is 13.6. The van der Waals surface area contributed by atoms with Crippen molar-refractivity contribution in [1.82, 2.24) is 35.3 Å². The predicted molar refractivity (Wildman–Crippen MR) is 163 cm³/mol. The molecule has 0 atom stereocenters. The Bertz CT molecular complexity index is 1540. The van der Waals surface area contributed by atoms with E-state index in [1.165, 1.54) is 0 Å². The Kier molecular flexibility index (Phi) is 10.3. The number of ether oxygens (including phenoxy) is 2. The Hall–Kier alpha value is -4.92. The van der Waals surface area contributed by atoms with Gasteiger partial charge >= 0.3 is 6.03 Å². The van der Waals surface area contributed by atoms with E-state index in [4.69, 9.17) is 25.9 Å². The summed E-state index contributed by atoms with van der Waals surface area (Å²) < 4.78 is 12.5. The maximum Gasteiger partial charge on any atom is 0.320 e. The summed E-state index contributed by atoms with van der Waals surface area (Å²) in [5, 5.41) is 17.7. The van der Waals surface area contributed by atoms with Gasteiger partial charge in [-0.1, -0.05) is 5.21 Å². The molecular formula is C26H35ClN12O3. The molecule has 0 aliphatic heterocycles. The minimum atomic E-state index is -0.449. The fourth-order valence-corrected chi connectivity index (χ4v) is 3.78. The maximum absolute atomic E-state index is 12.8. The van der Waals surface area contributed by atoms with Crippen LogP contribution >= 0.6 is 12.4 Å². The van der Waals surface area contributed by atoms with E-state index < -0.39 is 11.6 Å². The van der Waals surface area contributed by atoms with Crippen LogP contribution in [0.1, 0.15) is 26.5 Å². The monoisotopic (exact) mass is 598 g/mol. The lowest BCUT2D eigenvalue weighted by Gasteiger charge is -2.21. The minimum absolute atomic E-state index is 0. The van der Waals surface area contributed by atoms with Crippen molar-refractivity contribution in [2.24, 2.45) is 16.5 Å². The third-order valence-corrected chi connectivity index (χ3v) is 5.59. The summed E-state index contributed by atoms with van der Waals surface area (Å²) in [5.41, 5.74) is 12.7. The van der Waals surface area contributed by atoms with Crippen molar-refractivity contribution in [3.05, 3.63) is 42.4 Å². The number of fused-ring (bicyclic) bond motifs is 1. The summed E-state index contributed by atoms with van der Waals surface area (Å²) in [5.74, 6) is 1.86. The fourth-order valence-electron chi connectivity index (χ4n) is 3.78. The maximum atomic E-state index is 12.8. The number of aliphatic imine (C=N–C) groups is 1. The van der Waals surface area contributed by atoms with Crippen LogP contribution in [-0.4, -0.2) is 68.2 Å². The molecule has 4 aromatic rings. The molecule has 0 aliphatic carbocycles. The van der Waals surface area contributed by atoms with Gasteiger partial charge in [-0.25, -0.2) is 19.8 Å². The fraction of sp³-hybridized carbons (Fsp3) is 0.346. The first-order valence-corrected chi connectivity index (χ1v) is 12.7. The number of urea groups is 1. The van der Waals surface area contributed by atoms with Gasteiger partial charge in [0.25, 0.3) is 0 Å². The third kappa shape index (κ3) is 8.54. The molecular weight excluding hydrogens is 564 g/mol. The number of hydrogen-bond acceptors (Lipinski definition) is 10. The van der Waals surface area contributed by atoms with Gasteiger partial charge in [0.2, 0.25) is 5.95 Å². The molecule has 0 spiro atoms. The van der Waals surface area contributed by atoms with Crippen LogP contribution in [-0.2, 0) is 13.1 Å². The molecule has 0 aliphatic rings. The topological polar surface area (TPSA) is 205 Å². The van der Waals surface area contributed by atoms with Gasteiger partial charge < -0.3 is 31.6 Å². The number of anilines is 2. The van der Waals surface area contributed by atoms with Gasteiger partial charge in [-0.3, -0.25) is 10.00 Å². The average molecular weight is 599 g/mol. The molecule has 2 amide bonds. The molecule has 0 saturated carbocycles. The van der Waals surface area contributed by atoms with E-state index in [0.29, 0.717) is 58.6 Å². The largest absolute Gasteiger partial charge is 0.497 e. The molecule has 0 radical (unpaired) electrons. The van der Waals surface area contributed by atoms with Crippen LogP contribution in [0, 0.1) is 0 Å². The molecule has 4 rings (SSSR count). The number of nitrogens with zero attached hydrogens (tertiary/aromatic N) is 7. The lowest BCUT2D eigenvalue weighted by atomic mass is 10.0. The number of methoxy groups -OCH3 is 2. The first-order chi connectivity index (χ1) is 19.5. The van der Waals surface area contributed by atoms with E-state index in [0.717, 1.165) is 5.56 Å². The Morgan fingerprint density at radius 1 is 1.07 bits per heavy atom. The summed E-state index contributed by atoms with van der Waals surface area (Å²) in [6.45, 7) is 6.90. The number of aromatic nitrogens is 6. The highest BCUT2D eigenvalue weighted by molar-refractivity contribution is 5.96. The number of guanidine groups is 1. The summed E-state index contributed by atoms with van der Waals surface area (Å²) in [4.78, 5) is 30.4. The molecule has 0 bridgehead atoms. The molecule has 16 heteroatoms. The van der Waals surface area contributed by atoms with Crippen molar-refractivity contribution in [1.29, 1.82) is 0 Å². The van der Waals surface area contributed by atoms with Gasteiger partial charge in [0.05, 0.1) is 33.5 Å². The number of halogens is 1. The second-order valence-corrected chi connectivity index (χ2v) is 10.1. The van der Waals surface area contributed by atoms with Crippen LogP contribution in [0.5, 0.6) is 11.5 Å².